The molecule has 1 saturated heterocycles. The number of pyridine rings is 1. The highest BCUT2D eigenvalue weighted by atomic mass is 19.1. The molecule has 4 rings (SSSR count). The number of carbonyl (C=O) groups excluding carboxylic acids is 2. The van der Waals surface area contributed by atoms with Crippen molar-refractivity contribution >= 4 is 17.4 Å². The quantitative estimate of drug-likeness (QED) is 0.415. The average Bonchev–Trinajstić information content (AvgIpc) is 3.25. The smallest absolute Gasteiger partial charge is 0.296 e. The summed E-state index contributed by atoms with van der Waals surface area (Å²) in [6, 6.07) is 11.0. The van der Waals surface area contributed by atoms with E-state index in [1.807, 2.05) is 0 Å². The van der Waals surface area contributed by atoms with Crippen molar-refractivity contribution in [1.29, 1.82) is 0 Å². The zero-order valence-corrected chi connectivity index (χ0v) is 15.5. The van der Waals surface area contributed by atoms with E-state index in [4.69, 9.17) is 4.42 Å². The molecule has 0 bridgehead atoms. The molecule has 1 aromatic carbocycles. The van der Waals surface area contributed by atoms with Crippen molar-refractivity contribution in [2.24, 2.45) is 0 Å². The molecular weight excluding hydrogens is 375 g/mol. The predicted molar refractivity (Wildman–Crippen MR) is 102 cm³/mol. The molecule has 3 aromatic rings. The molecule has 7 heteroatoms. The summed E-state index contributed by atoms with van der Waals surface area (Å²) in [6.07, 6.45) is 3.21. The monoisotopic (exact) mass is 392 g/mol. The number of aromatic nitrogens is 1. The van der Waals surface area contributed by atoms with Gasteiger partial charge in [0.2, 0.25) is 0 Å². The summed E-state index contributed by atoms with van der Waals surface area (Å²) in [5, 5.41) is 10.8. The number of hydrogen-bond acceptors (Lipinski definition) is 5. The number of carbonyl (C=O) groups is 2. The summed E-state index contributed by atoms with van der Waals surface area (Å²) < 4.78 is 19.0. The average molecular weight is 392 g/mol. The summed E-state index contributed by atoms with van der Waals surface area (Å²) >= 11 is 0. The Labute approximate surface area is 165 Å². The zero-order valence-electron chi connectivity index (χ0n) is 15.5. The van der Waals surface area contributed by atoms with Gasteiger partial charge in [0.25, 0.3) is 11.7 Å². The minimum atomic E-state index is -0.908. The molecule has 0 saturated carbocycles. The number of aliphatic hydroxyl groups is 1. The van der Waals surface area contributed by atoms with Gasteiger partial charge in [-0.15, -0.1) is 0 Å². The predicted octanol–water partition coefficient (Wildman–Crippen LogP) is 3.74. The first-order chi connectivity index (χ1) is 14.0. The van der Waals surface area contributed by atoms with E-state index in [0.29, 0.717) is 11.5 Å². The number of nitrogens with zero attached hydrogens (tertiary/aromatic N) is 2. The van der Waals surface area contributed by atoms with Gasteiger partial charge in [-0.1, -0.05) is 6.07 Å². The maximum absolute atomic E-state index is 13.3. The topological polar surface area (TPSA) is 83.6 Å². The Morgan fingerprint density at radius 1 is 1.17 bits per heavy atom. The zero-order chi connectivity index (χ0) is 20.5. The normalized spacial score (nSPS) is 18.4. The fraction of sp³-hybridized carbons (Fsp3) is 0.136. The summed E-state index contributed by atoms with van der Waals surface area (Å²) in [6.45, 7) is 1.86. The molecule has 6 nitrogen and oxygen atoms in total. The highest BCUT2D eigenvalue weighted by Crippen LogP contribution is 2.40. The number of rotatable bonds is 4. The van der Waals surface area contributed by atoms with Crippen LogP contribution in [0.2, 0.25) is 0 Å². The van der Waals surface area contributed by atoms with Gasteiger partial charge in [0.05, 0.1) is 5.57 Å². The van der Waals surface area contributed by atoms with E-state index >= 15 is 0 Å². The third kappa shape index (κ3) is 3.42. The molecule has 1 amide bonds. The molecule has 0 radical (unpaired) electrons. The highest BCUT2D eigenvalue weighted by Gasteiger charge is 2.47. The lowest BCUT2D eigenvalue weighted by Crippen LogP contribution is -2.29. The second-order valence-corrected chi connectivity index (χ2v) is 6.74. The van der Waals surface area contributed by atoms with E-state index in [1.165, 1.54) is 29.2 Å². The Balaban J connectivity index is 1.84. The minimum absolute atomic E-state index is 0.0974. The van der Waals surface area contributed by atoms with Crippen molar-refractivity contribution in [3.05, 3.63) is 95.0 Å². The van der Waals surface area contributed by atoms with E-state index in [1.54, 1.807) is 43.6 Å². The molecule has 1 unspecified atom stereocenters. The van der Waals surface area contributed by atoms with E-state index in [-0.39, 0.29) is 23.4 Å². The van der Waals surface area contributed by atoms with Crippen molar-refractivity contribution < 1.29 is 23.5 Å². The van der Waals surface area contributed by atoms with Crippen LogP contribution in [-0.4, -0.2) is 26.7 Å². The Hall–Kier alpha value is -3.74. The number of furan rings is 1. The van der Waals surface area contributed by atoms with Crippen LogP contribution in [0.3, 0.4) is 0 Å². The molecule has 2 aromatic heterocycles. The Morgan fingerprint density at radius 2 is 1.93 bits per heavy atom. The van der Waals surface area contributed by atoms with Crippen molar-refractivity contribution in [3.8, 4) is 0 Å². The molecular formula is C22H17FN2O4. The van der Waals surface area contributed by atoms with E-state index in [9.17, 15) is 19.1 Å². The first-order valence-corrected chi connectivity index (χ1v) is 8.95. The molecule has 146 valence electrons. The van der Waals surface area contributed by atoms with Crippen molar-refractivity contribution in [3.63, 3.8) is 0 Å². The van der Waals surface area contributed by atoms with Gasteiger partial charge in [-0.2, -0.15) is 0 Å². The molecule has 1 fully saturated rings. The highest BCUT2D eigenvalue weighted by molar-refractivity contribution is 6.46. The van der Waals surface area contributed by atoms with Crippen LogP contribution in [0.4, 0.5) is 4.39 Å². The molecule has 29 heavy (non-hydrogen) atoms. The van der Waals surface area contributed by atoms with E-state index in [0.717, 1.165) is 5.56 Å². The Kier molecular flexibility index (Phi) is 4.72. The molecule has 0 aliphatic carbocycles. The third-order valence-electron chi connectivity index (χ3n) is 4.76. The number of aliphatic hydroxyl groups excluding tert-OH is 1. The van der Waals surface area contributed by atoms with Crippen LogP contribution in [-0.2, 0) is 16.1 Å². The van der Waals surface area contributed by atoms with Crippen LogP contribution in [0.15, 0.2) is 70.9 Å². The van der Waals surface area contributed by atoms with Crippen LogP contribution in [0.25, 0.3) is 5.76 Å². The van der Waals surface area contributed by atoms with Gasteiger partial charge in [0.1, 0.15) is 29.1 Å². The lowest BCUT2D eigenvalue weighted by molar-refractivity contribution is -0.140. The molecule has 0 spiro atoms. The van der Waals surface area contributed by atoms with Gasteiger partial charge in [-0.25, -0.2) is 4.39 Å². The van der Waals surface area contributed by atoms with Gasteiger partial charge in [0, 0.05) is 24.5 Å². The Morgan fingerprint density at radius 3 is 2.55 bits per heavy atom. The largest absolute Gasteiger partial charge is 0.507 e. The van der Waals surface area contributed by atoms with Crippen molar-refractivity contribution in [1.82, 2.24) is 9.88 Å². The SMILES string of the molecule is Cc1ccc(C2/C(=C(/O)c3ccc(F)cc3)C(=O)C(=O)N2Cc2cccnc2)o1. The third-order valence-corrected chi connectivity index (χ3v) is 4.76. The lowest BCUT2D eigenvalue weighted by Gasteiger charge is -2.23. The lowest BCUT2D eigenvalue weighted by atomic mass is 9.99. The molecule has 1 aliphatic rings. The van der Waals surface area contributed by atoms with E-state index < -0.39 is 23.5 Å². The minimum Gasteiger partial charge on any atom is -0.507 e. The standard InChI is InChI=1S/C22H17FN2O4/c1-13-4-9-17(29-13)19-18(20(26)15-5-7-16(23)8-6-15)21(27)22(28)25(19)12-14-3-2-10-24-11-14/h2-11,19,26H,12H2,1H3/b20-18-. The maximum Gasteiger partial charge on any atom is 0.296 e. The number of ketones is 1. The van der Waals surface area contributed by atoms with Crippen molar-refractivity contribution in [2.45, 2.75) is 19.5 Å². The van der Waals surface area contributed by atoms with Crippen LogP contribution in [0.1, 0.15) is 28.7 Å². The fourth-order valence-electron chi connectivity index (χ4n) is 3.39. The van der Waals surface area contributed by atoms with Gasteiger partial charge in [-0.3, -0.25) is 14.6 Å². The van der Waals surface area contributed by atoms with Crippen molar-refractivity contribution in [2.75, 3.05) is 0 Å². The van der Waals surface area contributed by atoms with Gasteiger partial charge < -0.3 is 14.4 Å². The summed E-state index contributed by atoms with van der Waals surface area (Å²) in [5.74, 6) is -1.47. The maximum atomic E-state index is 13.3. The van der Waals surface area contributed by atoms with E-state index in [2.05, 4.69) is 4.98 Å². The van der Waals surface area contributed by atoms with Crippen LogP contribution < -0.4 is 0 Å². The number of hydrogen-bond donors (Lipinski definition) is 1. The molecule has 1 N–H and O–H groups in total. The number of likely N-dealkylation sites (tertiary alicyclic amines) is 1. The number of aryl methyl sites for hydroxylation is 1. The summed E-state index contributed by atoms with van der Waals surface area (Å²) in [5.41, 5.74) is 0.864. The second-order valence-electron chi connectivity index (χ2n) is 6.74. The number of Topliss-reactive ketones (excluding diaryl/α,β-unsaturated/α-hetero) is 1. The Bertz CT molecular complexity index is 1100. The molecule has 1 aliphatic heterocycles. The first-order valence-electron chi connectivity index (χ1n) is 8.95. The van der Waals surface area contributed by atoms with Gasteiger partial charge in [0.15, 0.2) is 0 Å². The van der Waals surface area contributed by atoms with Crippen LogP contribution in [0.5, 0.6) is 0 Å². The fourth-order valence-corrected chi connectivity index (χ4v) is 3.39. The number of benzene rings is 1. The van der Waals surface area contributed by atoms with Gasteiger partial charge in [-0.05, 0) is 55.0 Å². The van der Waals surface area contributed by atoms with Crippen LogP contribution in [0, 0.1) is 12.7 Å². The second kappa shape index (κ2) is 7.35. The number of amides is 1. The summed E-state index contributed by atoms with van der Waals surface area (Å²) in [7, 11) is 0. The first kappa shape index (κ1) is 18.6. The molecule has 3 heterocycles. The summed E-state index contributed by atoms with van der Waals surface area (Å²) in [4.78, 5) is 31.0. The number of halogens is 1. The van der Waals surface area contributed by atoms with Gasteiger partial charge >= 0.3 is 0 Å². The molecule has 1 atom stereocenters. The van der Waals surface area contributed by atoms with Crippen LogP contribution >= 0.6 is 0 Å².